The fourth-order valence-corrected chi connectivity index (χ4v) is 3.24. The summed E-state index contributed by atoms with van der Waals surface area (Å²) in [5, 5.41) is 9.68. The van der Waals surface area contributed by atoms with Crippen LogP contribution in [0.3, 0.4) is 0 Å². The second-order valence-corrected chi connectivity index (χ2v) is 6.14. The minimum Gasteiger partial charge on any atom is -0.462 e. The van der Waals surface area contributed by atoms with E-state index in [1.54, 1.807) is 25.1 Å². The van der Waals surface area contributed by atoms with E-state index in [0.717, 1.165) is 4.47 Å². The first-order valence-corrected chi connectivity index (χ1v) is 7.97. The Balaban J connectivity index is 2.72. The molecule has 0 bridgehead atoms. The molecule has 0 amide bonds. The van der Waals surface area contributed by atoms with Crippen molar-refractivity contribution in [2.45, 2.75) is 6.92 Å². The van der Waals surface area contributed by atoms with Gasteiger partial charge < -0.3 is 14.9 Å². The molecule has 0 atom stereocenters. The van der Waals surface area contributed by atoms with Crippen molar-refractivity contribution in [2.24, 2.45) is 5.73 Å². The third-order valence-electron chi connectivity index (χ3n) is 2.90. The number of rotatable bonds is 3. The summed E-state index contributed by atoms with van der Waals surface area (Å²) >= 11 is 6.63. The summed E-state index contributed by atoms with van der Waals surface area (Å²) in [6.07, 6.45) is 0. The van der Waals surface area contributed by atoms with E-state index in [2.05, 4.69) is 31.9 Å². The van der Waals surface area contributed by atoms with Gasteiger partial charge in [-0.2, -0.15) is 5.26 Å². The zero-order valence-electron chi connectivity index (χ0n) is 11.9. The maximum absolute atomic E-state index is 12.1. The number of halogens is 2. The Labute approximate surface area is 147 Å². The molecule has 6 nitrogen and oxygen atoms in total. The number of hydrogen-bond donors (Lipinski definition) is 1. The van der Waals surface area contributed by atoms with Gasteiger partial charge >= 0.3 is 11.6 Å². The average molecular weight is 442 g/mol. The molecule has 0 spiro atoms. The Morgan fingerprint density at radius 2 is 2.09 bits per heavy atom. The lowest BCUT2D eigenvalue weighted by atomic mass is 10.1. The minimum atomic E-state index is -0.887. The molecule has 0 radical (unpaired) electrons. The number of nitrogens with two attached hydrogens (primary N) is 1. The van der Waals surface area contributed by atoms with Gasteiger partial charge in [0.25, 0.3) is 0 Å². The summed E-state index contributed by atoms with van der Waals surface area (Å²) in [5.41, 5.74) is 4.61. The number of esters is 1. The highest BCUT2D eigenvalue weighted by molar-refractivity contribution is 9.11. The van der Waals surface area contributed by atoms with Crippen LogP contribution >= 0.6 is 31.9 Å². The first-order valence-electron chi connectivity index (χ1n) is 6.39. The van der Waals surface area contributed by atoms with Gasteiger partial charge in [0.15, 0.2) is 11.2 Å². The number of carbonyl (C=O) groups excluding carboxylic acids is 1. The number of benzene rings is 1. The van der Waals surface area contributed by atoms with Gasteiger partial charge in [-0.25, -0.2) is 9.59 Å². The predicted octanol–water partition coefficient (Wildman–Crippen LogP) is 3.07. The normalized spacial score (nSPS) is 11.7. The van der Waals surface area contributed by atoms with Crippen molar-refractivity contribution in [1.82, 2.24) is 0 Å². The zero-order chi connectivity index (χ0) is 17.1. The summed E-state index contributed by atoms with van der Waals surface area (Å²) in [6.45, 7) is 1.69. The van der Waals surface area contributed by atoms with Gasteiger partial charge in [-0.1, -0.05) is 15.9 Å². The molecule has 2 aromatic rings. The fraction of sp³-hybridized carbons (Fsp3) is 0.133. The maximum atomic E-state index is 12.1. The minimum absolute atomic E-state index is 0.0768. The molecule has 0 aliphatic heterocycles. The molecule has 0 saturated heterocycles. The van der Waals surface area contributed by atoms with Gasteiger partial charge in [0.05, 0.1) is 22.3 Å². The number of carbonyl (C=O) groups is 1. The molecule has 2 rings (SSSR count). The highest BCUT2D eigenvalue weighted by Crippen LogP contribution is 2.29. The van der Waals surface area contributed by atoms with Crippen LogP contribution < -0.4 is 11.4 Å². The van der Waals surface area contributed by atoms with Gasteiger partial charge in [0, 0.05) is 9.86 Å². The topological polar surface area (TPSA) is 106 Å². The number of fused-ring (bicyclic) bond motifs is 1. The van der Waals surface area contributed by atoms with E-state index in [-0.39, 0.29) is 17.9 Å². The molecule has 0 aliphatic carbocycles. The average Bonchev–Trinajstić information content (AvgIpc) is 2.48. The Bertz CT molecular complexity index is 925. The van der Waals surface area contributed by atoms with Crippen LogP contribution in [0.2, 0.25) is 0 Å². The second kappa shape index (κ2) is 6.98. The van der Waals surface area contributed by atoms with Crippen molar-refractivity contribution in [3.05, 3.63) is 48.7 Å². The smallest absolute Gasteiger partial charge is 0.351 e. The summed E-state index contributed by atoms with van der Waals surface area (Å²) in [7, 11) is 0. The van der Waals surface area contributed by atoms with E-state index in [0.29, 0.717) is 15.4 Å². The van der Waals surface area contributed by atoms with Crippen molar-refractivity contribution in [3.8, 4) is 6.07 Å². The predicted molar refractivity (Wildman–Crippen MR) is 91.2 cm³/mol. The molecule has 1 heterocycles. The number of nitriles is 1. The summed E-state index contributed by atoms with van der Waals surface area (Å²) in [4.78, 5) is 23.9. The summed E-state index contributed by atoms with van der Waals surface area (Å²) in [6, 6.07) is 6.57. The molecule has 0 saturated carbocycles. The Kier molecular flexibility index (Phi) is 5.23. The molecule has 118 valence electrons. The van der Waals surface area contributed by atoms with Gasteiger partial charge in [-0.3, -0.25) is 0 Å². The number of ether oxygens (including phenoxy) is 1. The number of nitrogens with zero attached hydrogens (tertiary/aromatic N) is 1. The molecule has 23 heavy (non-hydrogen) atoms. The first-order chi connectivity index (χ1) is 10.9. The zero-order valence-corrected chi connectivity index (χ0v) is 15.0. The van der Waals surface area contributed by atoms with Crippen LogP contribution in [0.5, 0.6) is 0 Å². The van der Waals surface area contributed by atoms with Crippen molar-refractivity contribution in [3.63, 3.8) is 0 Å². The van der Waals surface area contributed by atoms with Crippen LogP contribution in [-0.4, -0.2) is 12.6 Å². The molecule has 1 aromatic heterocycles. The molecule has 0 unspecified atom stereocenters. The van der Waals surface area contributed by atoms with E-state index in [1.807, 2.05) is 0 Å². The largest absolute Gasteiger partial charge is 0.462 e. The summed E-state index contributed by atoms with van der Waals surface area (Å²) < 4.78 is 11.3. The second-order valence-electron chi connectivity index (χ2n) is 4.37. The lowest BCUT2D eigenvalue weighted by Crippen LogP contribution is -2.17. The third-order valence-corrected chi connectivity index (χ3v) is 3.95. The van der Waals surface area contributed by atoms with E-state index in [9.17, 15) is 9.59 Å². The Hall–Kier alpha value is -2.11. The highest BCUT2D eigenvalue weighted by Gasteiger charge is 2.19. The maximum Gasteiger partial charge on any atom is 0.351 e. The van der Waals surface area contributed by atoms with Crippen molar-refractivity contribution in [2.75, 3.05) is 6.61 Å². The van der Waals surface area contributed by atoms with E-state index < -0.39 is 17.2 Å². The molecular weight excluding hydrogens is 432 g/mol. The van der Waals surface area contributed by atoms with Gasteiger partial charge in [-0.15, -0.1) is 0 Å². The van der Waals surface area contributed by atoms with Crippen LogP contribution in [-0.2, 0) is 9.53 Å². The van der Waals surface area contributed by atoms with E-state index in [4.69, 9.17) is 20.1 Å². The standard InChI is InChI=1S/C15H10Br2N2O4/c1-2-22-14(20)10(6-18)12(19)9-4-7-3-8(16)5-11(17)13(7)23-15(9)21/h3-5H,2,19H2,1H3. The fourth-order valence-electron chi connectivity index (χ4n) is 1.90. The van der Waals surface area contributed by atoms with Crippen LogP contribution in [0.4, 0.5) is 0 Å². The van der Waals surface area contributed by atoms with Crippen LogP contribution in [0.1, 0.15) is 12.5 Å². The lowest BCUT2D eigenvalue weighted by molar-refractivity contribution is -0.137. The molecule has 1 aromatic carbocycles. The lowest BCUT2D eigenvalue weighted by Gasteiger charge is -2.07. The van der Waals surface area contributed by atoms with Gasteiger partial charge in [0.2, 0.25) is 0 Å². The van der Waals surface area contributed by atoms with Crippen LogP contribution in [0.25, 0.3) is 16.7 Å². The summed E-state index contributed by atoms with van der Waals surface area (Å²) in [5.74, 6) is -0.887. The molecule has 8 heteroatoms. The monoisotopic (exact) mass is 440 g/mol. The molecule has 0 aliphatic rings. The quantitative estimate of drug-likeness (QED) is 0.339. The van der Waals surface area contributed by atoms with Crippen LogP contribution in [0, 0.1) is 11.3 Å². The third kappa shape index (κ3) is 3.46. The van der Waals surface area contributed by atoms with Crippen molar-refractivity contribution < 1.29 is 13.9 Å². The Morgan fingerprint density at radius 3 is 2.70 bits per heavy atom. The SMILES string of the molecule is CCOC(=O)C(C#N)=C(N)c1cc2cc(Br)cc(Br)c2oc1=O. The van der Waals surface area contributed by atoms with Crippen LogP contribution in [0.15, 0.2) is 41.9 Å². The first kappa shape index (κ1) is 17.2. The number of hydrogen-bond acceptors (Lipinski definition) is 6. The van der Waals surface area contributed by atoms with E-state index in [1.165, 1.54) is 6.07 Å². The van der Waals surface area contributed by atoms with Crippen molar-refractivity contribution >= 4 is 54.5 Å². The van der Waals surface area contributed by atoms with E-state index >= 15 is 0 Å². The molecular formula is C15H10Br2N2O4. The molecule has 0 fully saturated rings. The van der Waals surface area contributed by atoms with Gasteiger partial charge in [0.1, 0.15) is 6.07 Å². The highest BCUT2D eigenvalue weighted by atomic mass is 79.9. The van der Waals surface area contributed by atoms with Crippen molar-refractivity contribution in [1.29, 1.82) is 5.26 Å². The Morgan fingerprint density at radius 1 is 1.39 bits per heavy atom. The van der Waals surface area contributed by atoms with Gasteiger partial charge in [-0.05, 0) is 41.1 Å². The molecule has 2 N–H and O–H groups in total.